The van der Waals surface area contributed by atoms with Crippen molar-refractivity contribution in [2.45, 2.75) is 11.0 Å². The SMILES string of the molecule is OC(CNc1ccc(Cl)cc1)CSc1ccc(Cl)cc1. The molecule has 0 aliphatic rings. The first-order chi connectivity index (χ1) is 9.63. The van der Waals surface area contributed by atoms with E-state index in [-0.39, 0.29) is 0 Å². The van der Waals surface area contributed by atoms with E-state index >= 15 is 0 Å². The van der Waals surface area contributed by atoms with Gasteiger partial charge in [-0.05, 0) is 48.5 Å². The molecule has 2 aromatic carbocycles. The predicted octanol–water partition coefficient (Wildman–Crippen LogP) is 4.56. The van der Waals surface area contributed by atoms with Crippen molar-refractivity contribution in [1.29, 1.82) is 0 Å². The van der Waals surface area contributed by atoms with E-state index in [4.69, 9.17) is 23.2 Å². The fourth-order valence-electron chi connectivity index (χ4n) is 1.59. The molecule has 0 saturated heterocycles. The van der Waals surface area contributed by atoms with Crippen LogP contribution in [0.3, 0.4) is 0 Å². The highest BCUT2D eigenvalue weighted by Gasteiger charge is 2.05. The number of nitrogens with one attached hydrogen (secondary N) is 1. The molecular weight excluding hydrogens is 313 g/mol. The lowest BCUT2D eigenvalue weighted by atomic mass is 10.3. The van der Waals surface area contributed by atoms with Gasteiger partial charge in [-0.2, -0.15) is 0 Å². The van der Waals surface area contributed by atoms with Crippen molar-refractivity contribution in [2.75, 3.05) is 17.6 Å². The summed E-state index contributed by atoms with van der Waals surface area (Å²) in [4.78, 5) is 1.10. The molecule has 1 atom stereocenters. The Labute approximate surface area is 133 Å². The first-order valence-electron chi connectivity index (χ1n) is 6.19. The molecule has 0 bridgehead atoms. The van der Waals surface area contributed by atoms with E-state index in [1.807, 2.05) is 48.5 Å². The standard InChI is InChI=1S/C15H15Cl2NOS/c16-11-1-5-13(6-2-11)18-9-14(19)10-20-15-7-3-12(17)4-8-15/h1-8,14,18-19H,9-10H2. The van der Waals surface area contributed by atoms with Gasteiger partial charge >= 0.3 is 0 Å². The van der Waals surface area contributed by atoms with Crippen molar-refractivity contribution in [2.24, 2.45) is 0 Å². The van der Waals surface area contributed by atoms with Crippen LogP contribution >= 0.6 is 35.0 Å². The average Bonchev–Trinajstić information content (AvgIpc) is 2.46. The Hall–Kier alpha value is -0.870. The van der Waals surface area contributed by atoms with Crippen LogP contribution in [0.2, 0.25) is 10.0 Å². The largest absolute Gasteiger partial charge is 0.390 e. The maximum atomic E-state index is 9.95. The molecule has 0 aliphatic heterocycles. The Morgan fingerprint density at radius 2 is 1.50 bits per heavy atom. The molecule has 2 rings (SSSR count). The lowest BCUT2D eigenvalue weighted by Gasteiger charge is -2.12. The number of hydrogen-bond donors (Lipinski definition) is 2. The summed E-state index contributed by atoms with van der Waals surface area (Å²) in [6.45, 7) is 0.502. The summed E-state index contributed by atoms with van der Waals surface area (Å²) < 4.78 is 0. The fourth-order valence-corrected chi connectivity index (χ4v) is 2.67. The number of benzene rings is 2. The van der Waals surface area contributed by atoms with Crippen LogP contribution in [0.15, 0.2) is 53.4 Å². The van der Waals surface area contributed by atoms with E-state index in [0.29, 0.717) is 17.3 Å². The molecule has 0 amide bonds. The molecule has 1 unspecified atom stereocenters. The van der Waals surface area contributed by atoms with Crippen LogP contribution in [0.25, 0.3) is 0 Å². The van der Waals surface area contributed by atoms with E-state index in [0.717, 1.165) is 15.6 Å². The zero-order valence-electron chi connectivity index (χ0n) is 10.7. The lowest BCUT2D eigenvalue weighted by Crippen LogP contribution is -2.21. The van der Waals surface area contributed by atoms with Crippen LogP contribution < -0.4 is 5.32 Å². The molecule has 0 heterocycles. The normalized spacial score (nSPS) is 12.2. The number of aliphatic hydroxyl groups is 1. The highest BCUT2D eigenvalue weighted by Crippen LogP contribution is 2.21. The van der Waals surface area contributed by atoms with Crippen molar-refractivity contribution in [3.05, 3.63) is 58.6 Å². The highest BCUT2D eigenvalue weighted by atomic mass is 35.5. The molecule has 0 aromatic heterocycles. The molecule has 0 saturated carbocycles. The molecule has 2 aromatic rings. The van der Waals surface area contributed by atoms with Gasteiger partial charge in [0.05, 0.1) is 6.10 Å². The van der Waals surface area contributed by atoms with Crippen LogP contribution in [0.4, 0.5) is 5.69 Å². The van der Waals surface area contributed by atoms with Crippen molar-refractivity contribution in [3.8, 4) is 0 Å². The molecule has 0 spiro atoms. The van der Waals surface area contributed by atoms with Crippen LogP contribution in [-0.4, -0.2) is 23.5 Å². The first-order valence-corrected chi connectivity index (χ1v) is 7.93. The van der Waals surface area contributed by atoms with E-state index in [1.54, 1.807) is 11.8 Å². The van der Waals surface area contributed by atoms with Gasteiger partial charge in [-0.25, -0.2) is 0 Å². The van der Waals surface area contributed by atoms with Crippen molar-refractivity contribution >= 4 is 40.7 Å². The smallest absolute Gasteiger partial charge is 0.0806 e. The minimum atomic E-state index is -0.425. The van der Waals surface area contributed by atoms with Crippen LogP contribution in [-0.2, 0) is 0 Å². The number of halogens is 2. The van der Waals surface area contributed by atoms with Gasteiger partial charge in [0.25, 0.3) is 0 Å². The second-order valence-corrected chi connectivity index (χ2v) is 6.27. The summed E-state index contributed by atoms with van der Waals surface area (Å²) in [5.74, 6) is 0.627. The Bertz CT molecular complexity index is 481. The zero-order chi connectivity index (χ0) is 14.4. The first kappa shape index (κ1) is 15.5. The molecular formula is C15H15Cl2NOS. The number of aliphatic hydroxyl groups excluding tert-OH is 1. The summed E-state index contributed by atoms with van der Waals surface area (Å²) in [7, 11) is 0. The molecule has 0 fully saturated rings. The quantitative estimate of drug-likeness (QED) is 0.763. The Kier molecular flexibility index (Phi) is 6.05. The topological polar surface area (TPSA) is 32.3 Å². The fraction of sp³-hybridized carbons (Fsp3) is 0.200. The van der Waals surface area contributed by atoms with Gasteiger partial charge in [-0.15, -0.1) is 11.8 Å². The van der Waals surface area contributed by atoms with E-state index in [9.17, 15) is 5.11 Å². The van der Waals surface area contributed by atoms with Gasteiger partial charge in [-0.1, -0.05) is 23.2 Å². The minimum absolute atomic E-state index is 0.425. The van der Waals surface area contributed by atoms with Gasteiger partial charge in [0.1, 0.15) is 0 Å². The zero-order valence-corrected chi connectivity index (χ0v) is 13.1. The van der Waals surface area contributed by atoms with Crippen LogP contribution in [0.5, 0.6) is 0 Å². The Morgan fingerprint density at radius 1 is 0.950 bits per heavy atom. The van der Waals surface area contributed by atoms with Gasteiger partial charge in [0.15, 0.2) is 0 Å². The summed E-state index contributed by atoms with van der Waals surface area (Å²) in [5.41, 5.74) is 0.949. The molecule has 5 heteroatoms. The second kappa shape index (κ2) is 7.79. The molecule has 20 heavy (non-hydrogen) atoms. The Balaban J connectivity index is 1.73. The number of rotatable bonds is 6. The lowest BCUT2D eigenvalue weighted by molar-refractivity contribution is 0.213. The summed E-state index contributed by atoms with van der Waals surface area (Å²) in [6, 6.07) is 15.0. The third-order valence-electron chi connectivity index (χ3n) is 2.64. The summed E-state index contributed by atoms with van der Waals surface area (Å²) in [6.07, 6.45) is -0.425. The minimum Gasteiger partial charge on any atom is -0.390 e. The number of thioether (sulfide) groups is 1. The number of hydrogen-bond acceptors (Lipinski definition) is 3. The third kappa shape index (κ3) is 5.25. The van der Waals surface area contributed by atoms with Crippen LogP contribution in [0, 0.1) is 0 Å². The Morgan fingerprint density at radius 3 is 2.10 bits per heavy atom. The predicted molar refractivity (Wildman–Crippen MR) is 88.1 cm³/mol. The maximum Gasteiger partial charge on any atom is 0.0806 e. The van der Waals surface area contributed by atoms with Gasteiger partial charge in [-0.3, -0.25) is 0 Å². The van der Waals surface area contributed by atoms with E-state index in [2.05, 4.69) is 5.32 Å². The number of anilines is 1. The molecule has 2 nitrogen and oxygen atoms in total. The van der Waals surface area contributed by atoms with E-state index < -0.39 is 6.10 Å². The molecule has 0 radical (unpaired) electrons. The molecule has 0 aliphatic carbocycles. The van der Waals surface area contributed by atoms with E-state index in [1.165, 1.54) is 0 Å². The molecule has 2 N–H and O–H groups in total. The highest BCUT2D eigenvalue weighted by molar-refractivity contribution is 7.99. The monoisotopic (exact) mass is 327 g/mol. The van der Waals surface area contributed by atoms with Gasteiger partial charge in [0, 0.05) is 32.9 Å². The van der Waals surface area contributed by atoms with Crippen LogP contribution in [0.1, 0.15) is 0 Å². The summed E-state index contributed by atoms with van der Waals surface area (Å²) in [5, 5.41) is 14.5. The third-order valence-corrected chi connectivity index (χ3v) is 4.30. The van der Waals surface area contributed by atoms with Gasteiger partial charge in [0.2, 0.25) is 0 Å². The average molecular weight is 328 g/mol. The van der Waals surface area contributed by atoms with Crippen molar-refractivity contribution < 1.29 is 5.11 Å². The van der Waals surface area contributed by atoms with Crippen molar-refractivity contribution in [3.63, 3.8) is 0 Å². The second-order valence-electron chi connectivity index (χ2n) is 4.31. The van der Waals surface area contributed by atoms with Crippen molar-refractivity contribution in [1.82, 2.24) is 0 Å². The molecule has 106 valence electrons. The maximum absolute atomic E-state index is 9.95. The summed E-state index contributed by atoms with van der Waals surface area (Å²) >= 11 is 13.2. The van der Waals surface area contributed by atoms with Gasteiger partial charge < -0.3 is 10.4 Å².